The fraction of sp³-hybridized carbons (Fsp3) is 0.692. The molecule has 0 unspecified atom stereocenters. The Labute approximate surface area is 107 Å². The van der Waals surface area contributed by atoms with Crippen LogP contribution >= 0.6 is 0 Å². The maximum Gasteiger partial charge on any atom is 0.416 e. The van der Waals surface area contributed by atoms with Crippen LogP contribution in [0.5, 0.6) is 0 Å². The molecule has 0 bridgehead atoms. The van der Waals surface area contributed by atoms with Crippen LogP contribution in [0.15, 0.2) is 12.2 Å². The maximum atomic E-state index is 12.2. The third-order valence-corrected chi connectivity index (χ3v) is 3.28. The number of amides is 2. The van der Waals surface area contributed by atoms with E-state index in [0.717, 1.165) is 4.90 Å². The van der Waals surface area contributed by atoms with E-state index in [0.29, 0.717) is 5.57 Å². The summed E-state index contributed by atoms with van der Waals surface area (Å²) >= 11 is 0. The first-order chi connectivity index (χ1) is 8.27. The summed E-state index contributed by atoms with van der Waals surface area (Å²) in [4.78, 5) is 25.0. The number of imide groups is 1. The summed E-state index contributed by atoms with van der Waals surface area (Å²) in [6.45, 7) is 10.9. The molecule has 0 aromatic carbocycles. The molecular weight excluding hydrogens is 234 g/mol. The first-order valence-electron chi connectivity index (χ1n) is 6.10. The van der Waals surface area contributed by atoms with Crippen LogP contribution in [-0.4, -0.2) is 40.8 Å². The highest BCUT2D eigenvalue weighted by Crippen LogP contribution is 2.24. The van der Waals surface area contributed by atoms with E-state index in [1.54, 1.807) is 13.8 Å². The molecule has 18 heavy (non-hydrogen) atoms. The average molecular weight is 255 g/mol. The Kier molecular flexibility index (Phi) is 4.51. The zero-order valence-electron chi connectivity index (χ0n) is 11.3. The fourth-order valence-corrected chi connectivity index (χ4v) is 1.96. The van der Waals surface area contributed by atoms with E-state index >= 15 is 0 Å². The predicted molar refractivity (Wildman–Crippen MR) is 66.8 cm³/mol. The van der Waals surface area contributed by atoms with Gasteiger partial charge in [0, 0.05) is 0 Å². The summed E-state index contributed by atoms with van der Waals surface area (Å²) in [6, 6.07) is -0.259. The Morgan fingerprint density at radius 3 is 2.50 bits per heavy atom. The van der Waals surface area contributed by atoms with Crippen molar-refractivity contribution in [2.24, 2.45) is 11.8 Å². The molecule has 2 amide bonds. The average Bonchev–Trinajstić information content (AvgIpc) is 2.68. The largest absolute Gasteiger partial charge is 0.447 e. The molecule has 3 atom stereocenters. The molecule has 1 fully saturated rings. The van der Waals surface area contributed by atoms with Crippen molar-refractivity contribution >= 4 is 12.0 Å². The van der Waals surface area contributed by atoms with Gasteiger partial charge in [-0.2, -0.15) is 0 Å². The van der Waals surface area contributed by atoms with Gasteiger partial charge >= 0.3 is 6.09 Å². The molecule has 0 radical (unpaired) electrons. The Balaban J connectivity index is 2.87. The molecule has 1 saturated heterocycles. The molecule has 1 heterocycles. The lowest BCUT2D eigenvalue weighted by Crippen LogP contribution is -2.46. The normalized spacial score (nSPS) is 22.9. The van der Waals surface area contributed by atoms with Crippen molar-refractivity contribution in [1.82, 2.24) is 4.90 Å². The van der Waals surface area contributed by atoms with Gasteiger partial charge in [-0.15, -0.1) is 0 Å². The lowest BCUT2D eigenvalue weighted by Gasteiger charge is -2.27. The van der Waals surface area contributed by atoms with E-state index in [1.807, 2.05) is 13.8 Å². The molecule has 0 saturated carbocycles. The highest BCUT2D eigenvalue weighted by atomic mass is 16.6. The molecule has 0 aromatic heterocycles. The number of rotatable bonds is 4. The topological polar surface area (TPSA) is 66.8 Å². The van der Waals surface area contributed by atoms with Crippen LogP contribution in [0.2, 0.25) is 0 Å². The first-order valence-corrected chi connectivity index (χ1v) is 6.10. The highest BCUT2D eigenvalue weighted by molar-refractivity contribution is 5.95. The van der Waals surface area contributed by atoms with Crippen LogP contribution in [0.1, 0.15) is 27.7 Å². The minimum atomic E-state index is -0.946. The van der Waals surface area contributed by atoms with Crippen molar-refractivity contribution in [3.05, 3.63) is 12.2 Å². The molecule has 102 valence electrons. The van der Waals surface area contributed by atoms with Crippen molar-refractivity contribution in [3.63, 3.8) is 0 Å². The summed E-state index contributed by atoms with van der Waals surface area (Å²) in [5.74, 6) is -0.990. The van der Waals surface area contributed by atoms with Gasteiger partial charge in [0.25, 0.3) is 0 Å². The minimum absolute atomic E-state index is 0.120. The molecule has 1 aliphatic rings. The third-order valence-electron chi connectivity index (χ3n) is 3.28. The second-order valence-electron chi connectivity index (χ2n) is 5.18. The van der Waals surface area contributed by atoms with E-state index < -0.39 is 24.0 Å². The summed E-state index contributed by atoms with van der Waals surface area (Å²) in [5, 5.41) is 9.84. The number of aliphatic hydroxyl groups excluding tert-OH is 1. The number of aliphatic hydroxyl groups is 1. The summed E-state index contributed by atoms with van der Waals surface area (Å²) < 4.78 is 4.91. The van der Waals surface area contributed by atoms with Gasteiger partial charge in [0.2, 0.25) is 5.91 Å². The molecule has 1 N–H and O–H groups in total. The van der Waals surface area contributed by atoms with Gasteiger partial charge in [0.1, 0.15) is 6.61 Å². The fourth-order valence-electron chi connectivity index (χ4n) is 1.96. The second-order valence-corrected chi connectivity index (χ2v) is 5.18. The quantitative estimate of drug-likeness (QED) is 0.774. The number of hydrogen-bond acceptors (Lipinski definition) is 4. The summed E-state index contributed by atoms with van der Waals surface area (Å²) in [7, 11) is 0. The molecule has 5 heteroatoms. The Hall–Kier alpha value is -1.36. The Morgan fingerprint density at radius 1 is 1.50 bits per heavy atom. The van der Waals surface area contributed by atoms with E-state index in [9.17, 15) is 14.7 Å². The van der Waals surface area contributed by atoms with Gasteiger partial charge in [-0.25, -0.2) is 9.69 Å². The molecule has 5 nitrogen and oxygen atoms in total. The van der Waals surface area contributed by atoms with Crippen molar-refractivity contribution < 1.29 is 19.4 Å². The maximum absolute atomic E-state index is 12.2. The number of hydrogen-bond donors (Lipinski definition) is 1. The zero-order valence-corrected chi connectivity index (χ0v) is 11.3. The standard InChI is InChI=1S/C13H21NO4/c1-7(2)10-6-18-13(17)14(10)12(16)9(5)11(15)8(3)4/h7,9-11,15H,3,6H2,1-2,4-5H3/t9-,10-,11-/m0/s1. The van der Waals surface area contributed by atoms with Gasteiger partial charge < -0.3 is 9.84 Å². The van der Waals surface area contributed by atoms with Crippen LogP contribution < -0.4 is 0 Å². The molecule has 1 aliphatic heterocycles. The minimum Gasteiger partial charge on any atom is -0.447 e. The van der Waals surface area contributed by atoms with Crippen molar-refractivity contribution in [3.8, 4) is 0 Å². The van der Waals surface area contributed by atoms with Gasteiger partial charge in [0.15, 0.2) is 0 Å². The van der Waals surface area contributed by atoms with E-state index in [2.05, 4.69) is 6.58 Å². The SMILES string of the molecule is C=C(C)[C@H](O)[C@H](C)C(=O)N1C(=O)OC[C@H]1C(C)C. The molecule has 0 spiro atoms. The summed E-state index contributed by atoms with van der Waals surface area (Å²) in [6.07, 6.45) is -1.57. The number of carbonyl (C=O) groups excluding carboxylic acids is 2. The third kappa shape index (κ3) is 2.72. The highest BCUT2D eigenvalue weighted by Gasteiger charge is 2.42. The van der Waals surface area contributed by atoms with E-state index in [-0.39, 0.29) is 18.6 Å². The Morgan fingerprint density at radius 2 is 2.06 bits per heavy atom. The number of carbonyl (C=O) groups is 2. The molecule has 0 aromatic rings. The van der Waals surface area contributed by atoms with Crippen molar-refractivity contribution in [1.29, 1.82) is 0 Å². The molecule has 1 rings (SSSR count). The van der Waals surface area contributed by atoms with E-state index in [1.165, 1.54) is 0 Å². The van der Waals surface area contributed by atoms with Gasteiger partial charge in [-0.3, -0.25) is 4.79 Å². The monoisotopic (exact) mass is 255 g/mol. The lowest BCUT2D eigenvalue weighted by molar-refractivity contribution is -0.136. The Bertz CT molecular complexity index is 364. The number of ether oxygens (including phenoxy) is 1. The zero-order chi connectivity index (χ0) is 14.0. The first kappa shape index (κ1) is 14.7. The predicted octanol–water partition coefficient (Wildman–Crippen LogP) is 1.56. The second kappa shape index (κ2) is 5.52. The summed E-state index contributed by atoms with van der Waals surface area (Å²) in [5.41, 5.74) is 0.504. The van der Waals surface area contributed by atoms with Gasteiger partial charge in [0.05, 0.1) is 18.1 Å². The van der Waals surface area contributed by atoms with Crippen LogP contribution in [0.3, 0.4) is 0 Å². The lowest BCUT2D eigenvalue weighted by atomic mass is 9.96. The number of cyclic esters (lactones) is 1. The smallest absolute Gasteiger partial charge is 0.416 e. The van der Waals surface area contributed by atoms with Crippen LogP contribution in [0.4, 0.5) is 4.79 Å². The molecular formula is C13H21NO4. The number of nitrogens with zero attached hydrogens (tertiary/aromatic N) is 1. The van der Waals surface area contributed by atoms with Crippen LogP contribution in [0.25, 0.3) is 0 Å². The van der Waals surface area contributed by atoms with Gasteiger partial charge in [-0.1, -0.05) is 32.9 Å². The van der Waals surface area contributed by atoms with Crippen LogP contribution in [-0.2, 0) is 9.53 Å². The van der Waals surface area contributed by atoms with Crippen LogP contribution in [0, 0.1) is 11.8 Å². The molecule has 0 aliphatic carbocycles. The van der Waals surface area contributed by atoms with Gasteiger partial charge in [-0.05, 0) is 12.8 Å². The van der Waals surface area contributed by atoms with E-state index in [4.69, 9.17) is 4.74 Å². The van der Waals surface area contributed by atoms with Crippen molar-refractivity contribution in [2.75, 3.05) is 6.61 Å². The van der Waals surface area contributed by atoms with Crippen molar-refractivity contribution in [2.45, 2.75) is 39.8 Å².